The van der Waals surface area contributed by atoms with E-state index in [4.69, 9.17) is 0 Å². The summed E-state index contributed by atoms with van der Waals surface area (Å²) >= 11 is 0. The molecular weight excluding hydrogens is 398 g/mol. The molecule has 0 aliphatic carbocycles. The van der Waals surface area contributed by atoms with Gasteiger partial charge in [-0.1, -0.05) is 58.0 Å². The van der Waals surface area contributed by atoms with Gasteiger partial charge < -0.3 is 5.32 Å². The zero-order valence-electron chi connectivity index (χ0n) is 17.9. The third kappa shape index (κ3) is 4.33. The number of nitrogens with zero attached hydrogens (tertiary/aromatic N) is 2. The Labute approximate surface area is 180 Å². The van der Waals surface area contributed by atoms with Crippen molar-refractivity contribution < 1.29 is 19.3 Å². The first-order chi connectivity index (χ1) is 14.6. The number of imide groups is 1. The third-order valence-electron chi connectivity index (χ3n) is 5.42. The first-order valence-electron chi connectivity index (χ1n) is 10.1. The van der Waals surface area contributed by atoms with E-state index in [0.717, 1.165) is 10.5 Å². The van der Waals surface area contributed by atoms with Gasteiger partial charge in [-0.2, -0.15) is 0 Å². The van der Waals surface area contributed by atoms with Crippen molar-refractivity contribution in [3.05, 3.63) is 74.8 Å². The average Bonchev–Trinajstić information content (AvgIpc) is 2.96. The molecule has 0 spiro atoms. The minimum absolute atomic E-state index is 0.0586. The number of amides is 3. The molecule has 3 amide bonds. The number of rotatable bonds is 7. The number of nitro groups is 1. The van der Waals surface area contributed by atoms with Gasteiger partial charge in [0.1, 0.15) is 12.1 Å². The normalized spacial score (nSPS) is 14.2. The zero-order valence-corrected chi connectivity index (χ0v) is 17.9. The van der Waals surface area contributed by atoms with E-state index in [9.17, 15) is 24.5 Å². The molecule has 1 heterocycles. The van der Waals surface area contributed by atoms with E-state index in [1.807, 2.05) is 38.1 Å². The number of hydrogen-bond acceptors (Lipinski definition) is 5. The topological polar surface area (TPSA) is 110 Å². The van der Waals surface area contributed by atoms with Crippen LogP contribution in [0, 0.1) is 16.0 Å². The van der Waals surface area contributed by atoms with Crippen LogP contribution >= 0.6 is 0 Å². The summed E-state index contributed by atoms with van der Waals surface area (Å²) in [6, 6.07) is 11.5. The maximum Gasteiger partial charge on any atom is 0.282 e. The molecule has 0 saturated carbocycles. The van der Waals surface area contributed by atoms with Crippen molar-refractivity contribution in [3.63, 3.8) is 0 Å². The van der Waals surface area contributed by atoms with Gasteiger partial charge in [0.25, 0.3) is 17.5 Å². The molecule has 3 rings (SSSR count). The van der Waals surface area contributed by atoms with E-state index < -0.39 is 34.9 Å². The maximum absolute atomic E-state index is 12.7. The van der Waals surface area contributed by atoms with Gasteiger partial charge in [-0.3, -0.25) is 29.4 Å². The Morgan fingerprint density at radius 1 is 1.00 bits per heavy atom. The van der Waals surface area contributed by atoms with Crippen molar-refractivity contribution in [2.24, 2.45) is 5.92 Å². The first-order valence-corrected chi connectivity index (χ1v) is 10.1. The summed E-state index contributed by atoms with van der Waals surface area (Å²) in [7, 11) is 0. The lowest BCUT2D eigenvalue weighted by atomic mass is 9.93. The van der Waals surface area contributed by atoms with Crippen molar-refractivity contribution in [3.8, 4) is 0 Å². The van der Waals surface area contributed by atoms with Crippen molar-refractivity contribution in [1.82, 2.24) is 10.2 Å². The van der Waals surface area contributed by atoms with Crippen LogP contribution in [-0.2, 0) is 4.79 Å². The Morgan fingerprint density at radius 2 is 1.61 bits per heavy atom. The summed E-state index contributed by atoms with van der Waals surface area (Å²) in [5.74, 6) is -1.59. The Bertz CT molecular complexity index is 1040. The molecule has 8 heteroatoms. The summed E-state index contributed by atoms with van der Waals surface area (Å²) in [5, 5.41) is 14.1. The molecule has 1 unspecified atom stereocenters. The number of carbonyl (C=O) groups is 3. The molecule has 2 aromatic carbocycles. The van der Waals surface area contributed by atoms with Crippen LogP contribution in [0.4, 0.5) is 5.69 Å². The molecule has 162 valence electrons. The number of fused-ring (bicyclic) bond motifs is 1. The third-order valence-corrected chi connectivity index (χ3v) is 5.42. The molecule has 0 aromatic heterocycles. The van der Waals surface area contributed by atoms with Crippen molar-refractivity contribution in [1.29, 1.82) is 0 Å². The predicted molar refractivity (Wildman–Crippen MR) is 115 cm³/mol. The molecule has 31 heavy (non-hydrogen) atoms. The lowest BCUT2D eigenvalue weighted by molar-refractivity contribution is -0.385. The highest BCUT2D eigenvalue weighted by molar-refractivity contribution is 6.24. The summed E-state index contributed by atoms with van der Waals surface area (Å²) in [6.07, 6.45) is 0. The first kappa shape index (κ1) is 22.1. The fourth-order valence-corrected chi connectivity index (χ4v) is 3.70. The molecule has 1 aliphatic rings. The van der Waals surface area contributed by atoms with E-state index in [0.29, 0.717) is 5.92 Å². The molecule has 1 N–H and O–H groups in total. The quantitative estimate of drug-likeness (QED) is 0.413. The van der Waals surface area contributed by atoms with Gasteiger partial charge in [-0.05, 0) is 29.0 Å². The summed E-state index contributed by atoms with van der Waals surface area (Å²) in [4.78, 5) is 49.3. The average molecular weight is 423 g/mol. The lowest BCUT2D eigenvalue weighted by Gasteiger charge is -2.24. The monoisotopic (exact) mass is 423 g/mol. The number of benzene rings is 2. The van der Waals surface area contributed by atoms with Gasteiger partial charge in [0.15, 0.2) is 0 Å². The van der Waals surface area contributed by atoms with E-state index in [2.05, 4.69) is 19.2 Å². The second-order valence-corrected chi connectivity index (χ2v) is 8.26. The van der Waals surface area contributed by atoms with Crippen LogP contribution in [0.5, 0.6) is 0 Å². The molecule has 0 radical (unpaired) electrons. The highest BCUT2D eigenvalue weighted by atomic mass is 16.6. The highest BCUT2D eigenvalue weighted by Crippen LogP contribution is 2.31. The molecule has 1 aliphatic heterocycles. The summed E-state index contributed by atoms with van der Waals surface area (Å²) in [5.41, 5.74) is 1.34. The van der Waals surface area contributed by atoms with Crippen LogP contribution in [0.15, 0.2) is 42.5 Å². The van der Waals surface area contributed by atoms with Gasteiger partial charge in [-0.25, -0.2) is 0 Å². The van der Waals surface area contributed by atoms with Crippen molar-refractivity contribution in [2.75, 3.05) is 6.54 Å². The molecule has 0 fully saturated rings. The summed E-state index contributed by atoms with van der Waals surface area (Å²) < 4.78 is 0. The van der Waals surface area contributed by atoms with E-state index in [-0.39, 0.29) is 23.1 Å². The smallest absolute Gasteiger partial charge is 0.282 e. The van der Waals surface area contributed by atoms with Crippen molar-refractivity contribution in [2.45, 2.75) is 39.7 Å². The SMILES string of the molecule is CC(C)c1ccc(C(NC(=O)CN2C(=O)c3cccc([N+](=O)[O-])c3C2=O)C(C)C)cc1. The van der Waals surface area contributed by atoms with Gasteiger partial charge >= 0.3 is 0 Å². The summed E-state index contributed by atoms with van der Waals surface area (Å²) in [6.45, 7) is 7.63. The van der Waals surface area contributed by atoms with E-state index in [1.54, 1.807) is 0 Å². The van der Waals surface area contributed by atoms with Crippen LogP contribution in [0.25, 0.3) is 0 Å². The second-order valence-electron chi connectivity index (χ2n) is 8.26. The number of carbonyl (C=O) groups excluding carboxylic acids is 3. The van der Waals surface area contributed by atoms with Crippen LogP contribution in [-0.4, -0.2) is 34.1 Å². The van der Waals surface area contributed by atoms with Crippen LogP contribution in [0.1, 0.15) is 71.5 Å². The Hall–Kier alpha value is -3.55. The maximum atomic E-state index is 12.7. The van der Waals surface area contributed by atoms with Crippen LogP contribution in [0.2, 0.25) is 0 Å². The van der Waals surface area contributed by atoms with Gasteiger partial charge in [0.2, 0.25) is 5.91 Å². The second kappa shape index (κ2) is 8.67. The number of hydrogen-bond donors (Lipinski definition) is 1. The van der Waals surface area contributed by atoms with E-state index in [1.165, 1.54) is 23.8 Å². The van der Waals surface area contributed by atoms with Gasteiger partial charge in [-0.15, -0.1) is 0 Å². The number of nitro benzene ring substituents is 1. The zero-order chi connectivity index (χ0) is 22.9. The molecule has 8 nitrogen and oxygen atoms in total. The molecule has 0 saturated heterocycles. The molecule has 2 aromatic rings. The van der Waals surface area contributed by atoms with Crippen LogP contribution in [0.3, 0.4) is 0 Å². The predicted octanol–water partition coefficient (Wildman–Crippen LogP) is 3.83. The molecular formula is C23H25N3O5. The van der Waals surface area contributed by atoms with Gasteiger partial charge in [0, 0.05) is 6.07 Å². The standard InChI is InChI=1S/C23H25N3O5/c1-13(2)15-8-10-16(11-9-15)21(14(3)4)24-19(27)12-25-22(28)17-6-5-7-18(26(30)31)20(17)23(25)29/h5-11,13-14,21H,12H2,1-4H3,(H,24,27). The largest absolute Gasteiger partial charge is 0.347 e. The Morgan fingerprint density at radius 3 is 2.16 bits per heavy atom. The molecule has 0 bridgehead atoms. The fourth-order valence-electron chi connectivity index (χ4n) is 3.70. The van der Waals surface area contributed by atoms with Gasteiger partial charge in [0.05, 0.1) is 16.5 Å². The number of nitrogens with one attached hydrogen (secondary N) is 1. The Kier molecular flexibility index (Phi) is 6.19. The lowest BCUT2D eigenvalue weighted by Crippen LogP contribution is -2.42. The minimum Gasteiger partial charge on any atom is -0.347 e. The van der Waals surface area contributed by atoms with E-state index >= 15 is 0 Å². The fraction of sp³-hybridized carbons (Fsp3) is 0.348. The van der Waals surface area contributed by atoms with Crippen LogP contribution < -0.4 is 5.32 Å². The molecule has 1 atom stereocenters. The Balaban J connectivity index is 1.77. The minimum atomic E-state index is -0.829. The van der Waals surface area contributed by atoms with Crippen molar-refractivity contribution >= 4 is 23.4 Å². The highest BCUT2D eigenvalue weighted by Gasteiger charge is 2.41.